The average molecular weight is 308 g/mol. The van der Waals surface area contributed by atoms with Crippen molar-refractivity contribution < 1.29 is 14.3 Å². The topological polar surface area (TPSA) is 76.6 Å². The van der Waals surface area contributed by atoms with Gasteiger partial charge in [-0.3, -0.25) is 4.79 Å². The first-order valence-electron chi connectivity index (χ1n) is 7.75. The standard InChI is InChI=1S/C15H24N4O3/c1-3-21-8-4-5-16-14-11-13(17-12(2)18-14)15(20)19-6-9-22-10-7-19/h11H,3-10H2,1-2H3,(H,16,17,18). The number of amides is 1. The minimum atomic E-state index is -0.0637. The highest BCUT2D eigenvalue weighted by atomic mass is 16.5. The zero-order valence-electron chi connectivity index (χ0n) is 13.3. The van der Waals surface area contributed by atoms with Gasteiger partial charge in [-0.1, -0.05) is 0 Å². The van der Waals surface area contributed by atoms with Crippen molar-refractivity contribution in [1.82, 2.24) is 14.9 Å². The molecule has 0 radical (unpaired) electrons. The molecule has 1 saturated heterocycles. The van der Waals surface area contributed by atoms with Gasteiger partial charge in [0.1, 0.15) is 17.3 Å². The van der Waals surface area contributed by atoms with Gasteiger partial charge >= 0.3 is 0 Å². The third-order valence-corrected chi connectivity index (χ3v) is 3.33. The van der Waals surface area contributed by atoms with Gasteiger partial charge in [-0.15, -0.1) is 0 Å². The highest BCUT2D eigenvalue weighted by molar-refractivity contribution is 5.93. The Hall–Kier alpha value is -1.73. The molecule has 1 aromatic rings. The summed E-state index contributed by atoms with van der Waals surface area (Å²) in [6.45, 7) is 8.35. The van der Waals surface area contributed by atoms with Gasteiger partial charge in [0.2, 0.25) is 0 Å². The number of morpholine rings is 1. The Balaban J connectivity index is 1.95. The molecule has 7 nitrogen and oxygen atoms in total. The Kier molecular flexibility index (Phi) is 6.54. The molecule has 0 aromatic carbocycles. The zero-order valence-corrected chi connectivity index (χ0v) is 13.3. The van der Waals surface area contributed by atoms with Crippen molar-refractivity contribution in [2.75, 3.05) is 51.4 Å². The lowest BCUT2D eigenvalue weighted by Crippen LogP contribution is -2.41. The Morgan fingerprint density at radius 3 is 2.91 bits per heavy atom. The number of aromatic nitrogens is 2. The van der Waals surface area contributed by atoms with Crippen molar-refractivity contribution in [3.63, 3.8) is 0 Å². The number of nitrogens with one attached hydrogen (secondary N) is 1. The Morgan fingerprint density at radius 2 is 2.18 bits per heavy atom. The van der Waals surface area contributed by atoms with Crippen LogP contribution in [0.15, 0.2) is 6.07 Å². The van der Waals surface area contributed by atoms with E-state index in [1.165, 1.54) is 0 Å². The molecule has 0 aliphatic carbocycles. The summed E-state index contributed by atoms with van der Waals surface area (Å²) < 4.78 is 10.6. The number of ether oxygens (including phenoxy) is 2. The summed E-state index contributed by atoms with van der Waals surface area (Å²) in [5.74, 6) is 1.21. The van der Waals surface area contributed by atoms with Crippen LogP contribution in [0.4, 0.5) is 5.82 Å². The molecule has 0 saturated carbocycles. The average Bonchev–Trinajstić information content (AvgIpc) is 2.54. The SMILES string of the molecule is CCOCCCNc1cc(C(=O)N2CCOCC2)nc(C)n1. The van der Waals surface area contributed by atoms with Crippen molar-refractivity contribution in [3.05, 3.63) is 17.6 Å². The molecule has 1 aromatic heterocycles. The van der Waals surface area contributed by atoms with E-state index in [1.807, 2.05) is 6.92 Å². The first kappa shape index (κ1) is 16.6. The molecule has 1 aliphatic rings. The minimum absolute atomic E-state index is 0.0637. The smallest absolute Gasteiger partial charge is 0.272 e. The van der Waals surface area contributed by atoms with Gasteiger partial charge in [0.15, 0.2) is 0 Å². The fraction of sp³-hybridized carbons (Fsp3) is 0.667. The van der Waals surface area contributed by atoms with Gasteiger partial charge < -0.3 is 19.7 Å². The van der Waals surface area contributed by atoms with E-state index in [0.29, 0.717) is 50.2 Å². The van der Waals surface area contributed by atoms with Crippen molar-refractivity contribution >= 4 is 11.7 Å². The third-order valence-electron chi connectivity index (χ3n) is 3.33. The van der Waals surface area contributed by atoms with Crippen LogP contribution in [0.3, 0.4) is 0 Å². The lowest BCUT2D eigenvalue weighted by atomic mass is 10.3. The number of nitrogens with zero attached hydrogens (tertiary/aromatic N) is 3. The van der Waals surface area contributed by atoms with Crippen molar-refractivity contribution in [1.29, 1.82) is 0 Å². The summed E-state index contributed by atoms with van der Waals surface area (Å²) in [5, 5.41) is 3.22. The number of hydrogen-bond acceptors (Lipinski definition) is 6. The van der Waals surface area contributed by atoms with Gasteiger partial charge in [0.25, 0.3) is 5.91 Å². The molecular weight excluding hydrogens is 284 g/mol. The van der Waals surface area contributed by atoms with Crippen LogP contribution >= 0.6 is 0 Å². The van der Waals surface area contributed by atoms with Gasteiger partial charge in [0.05, 0.1) is 13.2 Å². The van der Waals surface area contributed by atoms with E-state index in [2.05, 4.69) is 15.3 Å². The molecular formula is C15H24N4O3. The lowest BCUT2D eigenvalue weighted by Gasteiger charge is -2.26. The van der Waals surface area contributed by atoms with Crippen LogP contribution < -0.4 is 5.32 Å². The molecule has 0 atom stereocenters. The van der Waals surface area contributed by atoms with Gasteiger partial charge in [-0.25, -0.2) is 9.97 Å². The molecule has 1 N–H and O–H groups in total. The van der Waals surface area contributed by atoms with E-state index in [4.69, 9.17) is 9.47 Å². The van der Waals surface area contributed by atoms with Crippen LogP contribution in [0.1, 0.15) is 29.7 Å². The number of hydrogen-bond donors (Lipinski definition) is 1. The monoisotopic (exact) mass is 308 g/mol. The number of aryl methyl sites for hydroxylation is 1. The zero-order chi connectivity index (χ0) is 15.8. The highest BCUT2D eigenvalue weighted by Crippen LogP contribution is 2.10. The Morgan fingerprint density at radius 1 is 1.41 bits per heavy atom. The van der Waals surface area contributed by atoms with E-state index in [-0.39, 0.29) is 5.91 Å². The molecule has 7 heteroatoms. The van der Waals surface area contributed by atoms with Crippen LogP contribution in [0.25, 0.3) is 0 Å². The molecule has 1 amide bonds. The summed E-state index contributed by atoms with van der Waals surface area (Å²) in [4.78, 5) is 22.8. The summed E-state index contributed by atoms with van der Waals surface area (Å²) in [7, 11) is 0. The first-order valence-corrected chi connectivity index (χ1v) is 7.75. The number of anilines is 1. The number of carbonyl (C=O) groups excluding carboxylic acids is 1. The second-order valence-corrected chi connectivity index (χ2v) is 5.07. The van der Waals surface area contributed by atoms with Crippen LogP contribution in [-0.4, -0.2) is 66.8 Å². The Labute approximate surface area is 131 Å². The normalized spacial score (nSPS) is 14.9. The van der Waals surface area contributed by atoms with Crippen molar-refractivity contribution in [3.8, 4) is 0 Å². The van der Waals surface area contributed by atoms with Crippen LogP contribution in [0, 0.1) is 6.92 Å². The maximum absolute atomic E-state index is 12.5. The van der Waals surface area contributed by atoms with Crippen LogP contribution in [0.2, 0.25) is 0 Å². The van der Waals surface area contributed by atoms with E-state index < -0.39 is 0 Å². The van der Waals surface area contributed by atoms with Crippen molar-refractivity contribution in [2.24, 2.45) is 0 Å². The summed E-state index contributed by atoms with van der Waals surface area (Å²) in [6.07, 6.45) is 0.892. The fourth-order valence-electron chi connectivity index (χ4n) is 2.23. The summed E-state index contributed by atoms with van der Waals surface area (Å²) >= 11 is 0. The number of carbonyl (C=O) groups is 1. The molecule has 122 valence electrons. The minimum Gasteiger partial charge on any atom is -0.382 e. The number of rotatable bonds is 7. The predicted octanol–water partition coefficient (Wildman–Crippen LogP) is 1.10. The largest absolute Gasteiger partial charge is 0.382 e. The molecule has 22 heavy (non-hydrogen) atoms. The third kappa shape index (κ3) is 4.92. The van der Waals surface area contributed by atoms with Crippen LogP contribution in [-0.2, 0) is 9.47 Å². The molecule has 1 fully saturated rings. The maximum Gasteiger partial charge on any atom is 0.272 e. The molecule has 0 spiro atoms. The summed E-state index contributed by atoms with van der Waals surface area (Å²) in [5.41, 5.74) is 0.432. The van der Waals surface area contributed by atoms with Gasteiger partial charge in [-0.2, -0.15) is 0 Å². The molecule has 0 unspecified atom stereocenters. The quantitative estimate of drug-likeness (QED) is 0.760. The highest BCUT2D eigenvalue weighted by Gasteiger charge is 2.20. The predicted molar refractivity (Wildman–Crippen MR) is 83.1 cm³/mol. The van der Waals surface area contributed by atoms with Crippen LogP contribution in [0.5, 0.6) is 0 Å². The second-order valence-electron chi connectivity index (χ2n) is 5.07. The lowest BCUT2D eigenvalue weighted by molar-refractivity contribution is 0.0299. The van der Waals surface area contributed by atoms with Gasteiger partial charge in [-0.05, 0) is 20.3 Å². The molecule has 0 bridgehead atoms. The molecule has 2 heterocycles. The Bertz CT molecular complexity index is 490. The van der Waals surface area contributed by atoms with E-state index >= 15 is 0 Å². The first-order chi connectivity index (χ1) is 10.7. The van der Waals surface area contributed by atoms with Gasteiger partial charge in [0, 0.05) is 38.9 Å². The van der Waals surface area contributed by atoms with E-state index in [0.717, 1.165) is 19.6 Å². The van der Waals surface area contributed by atoms with Crippen molar-refractivity contribution in [2.45, 2.75) is 20.3 Å². The summed E-state index contributed by atoms with van der Waals surface area (Å²) in [6, 6.07) is 1.71. The van der Waals surface area contributed by atoms with E-state index in [9.17, 15) is 4.79 Å². The maximum atomic E-state index is 12.5. The second kappa shape index (κ2) is 8.65. The molecule has 2 rings (SSSR count). The molecule has 1 aliphatic heterocycles. The van der Waals surface area contributed by atoms with E-state index in [1.54, 1.807) is 17.9 Å². The fourth-order valence-corrected chi connectivity index (χ4v) is 2.23.